The summed E-state index contributed by atoms with van der Waals surface area (Å²) in [4.78, 5) is 10.7. The molecule has 17 heavy (non-hydrogen) atoms. The first-order chi connectivity index (χ1) is 8.36. The normalized spacial score (nSPS) is 32.1. The zero-order valence-corrected chi connectivity index (χ0v) is 9.93. The van der Waals surface area contributed by atoms with Gasteiger partial charge >= 0.3 is 0 Å². The van der Waals surface area contributed by atoms with E-state index >= 15 is 0 Å². The number of hydrogen-bond acceptors (Lipinski definition) is 3. The molecule has 1 aromatic carbocycles. The molecule has 0 amide bonds. The molecule has 1 aromatic rings. The van der Waals surface area contributed by atoms with Gasteiger partial charge < -0.3 is 0 Å². The molecule has 3 heteroatoms. The maximum atomic E-state index is 10.7. The molecule has 1 N–H and O–H groups in total. The zero-order chi connectivity index (χ0) is 11.7. The molecule has 2 bridgehead atoms. The van der Waals surface area contributed by atoms with E-state index in [1.165, 1.54) is 31.5 Å². The molecule has 4 rings (SSSR count). The molecule has 3 heterocycles. The lowest BCUT2D eigenvalue weighted by Gasteiger charge is -2.28. The monoisotopic (exact) mass is 230 g/mol. The summed E-state index contributed by atoms with van der Waals surface area (Å²) in [7, 11) is 0. The fourth-order valence-corrected chi connectivity index (χ4v) is 3.07. The number of carbonyl (C=O) groups is 1. The maximum absolute atomic E-state index is 10.7. The highest BCUT2D eigenvalue weighted by atomic mass is 16.1. The van der Waals surface area contributed by atoms with Crippen molar-refractivity contribution in [1.82, 2.24) is 10.4 Å². The second-order valence-electron chi connectivity index (χ2n) is 5.08. The molecular formula is C14H18N2O. The quantitative estimate of drug-likeness (QED) is 0.786. The molecular weight excluding hydrogens is 212 g/mol. The minimum Gasteiger partial charge on any atom is -0.298 e. The van der Waals surface area contributed by atoms with Crippen LogP contribution in [0.1, 0.15) is 34.7 Å². The lowest BCUT2D eigenvalue weighted by molar-refractivity contribution is 0.112. The summed E-state index contributed by atoms with van der Waals surface area (Å²) in [5.74, 6) is 1.39. The number of piperidine rings is 1. The zero-order valence-electron chi connectivity index (χ0n) is 9.93. The van der Waals surface area contributed by atoms with E-state index in [2.05, 4.69) is 22.6 Å². The lowest BCUT2D eigenvalue weighted by Crippen LogP contribution is -2.39. The summed E-state index contributed by atoms with van der Waals surface area (Å²) in [5.41, 5.74) is 5.65. The van der Waals surface area contributed by atoms with Gasteiger partial charge in [-0.2, -0.15) is 0 Å². The van der Waals surface area contributed by atoms with Crippen molar-refractivity contribution in [2.75, 3.05) is 19.6 Å². The van der Waals surface area contributed by atoms with Crippen LogP contribution >= 0.6 is 0 Å². The molecule has 0 spiro atoms. The number of benzene rings is 1. The number of nitrogens with one attached hydrogen (secondary N) is 1. The van der Waals surface area contributed by atoms with Gasteiger partial charge in [-0.3, -0.25) is 10.2 Å². The molecule has 0 aliphatic carbocycles. The number of hydrazine groups is 1. The molecule has 3 fully saturated rings. The van der Waals surface area contributed by atoms with Crippen LogP contribution in [0.3, 0.4) is 0 Å². The average molecular weight is 230 g/mol. The maximum Gasteiger partial charge on any atom is 0.150 e. The van der Waals surface area contributed by atoms with Gasteiger partial charge in [-0.25, -0.2) is 5.01 Å². The van der Waals surface area contributed by atoms with E-state index in [4.69, 9.17) is 0 Å². The smallest absolute Gasteiger partial charge is 0.150 e. The summed E-state index contributed by atoms with van der Waals surface area (Å²) in [6.07, 6.45) is 3.48. The Morgan fingerprint density at radius 1 is 1.18 bits per heavy atom. The minimum absolute atomic E-state index is 0.600. The summed E-state index contributed by atoms with van der Waals surface area (Å²) in [5, 5.41) is 2.34. The first-order valence-electron chi connectivity index (χ1n) is 6.40. The standard InChI is InChI=1S/C14H18N2O/c17-10-11-1-3-12(4-2-11)14-9-15-16-7-5-13(14)6-8-16/h1-4,10,13-15H,5-9H2. The molecule has 3 aliphatic heterocycles. The van der Waals surface area contributed by atoms with Crippen molar-refractivity contribution in [3.63, 3.8) is 0 Å². The molecule has 3 nitrogen and oxygen atoms in total. The topological polar surface area (TPSA) is 32.3 Å². The second kappa shape index (κ2) is 4.59. The highest BCUT2D eigenvalue weighted by Crippen LogP contribution is 2.34. The number of rotatable bonds is 2. The largest absolute Gasteiger partial charge is 0.298 e. The Labute approximate surface area is 102 Å². The van der Waals surface area contributed by atoms with Gasteiger partial charge in [-0.15, -0.1) is 0 Å². The number of aldehydes is 1. The van der Waals surface area contributed by atoms with Crippen molar-refractivity contribution >= 4 is 6.29 Å². The van der Waals surface area contributed by atoms with E-state index in [0.717, 1.165) is 24.3 Å². The molecule has 0 aromatic heterocycles. The van der Waals surface area contributed by atoms with Crippen LogP contribution in [0.4, 0.5) is 0 Å². The van der Waals surface area contributed by atoms with Crippen LogP contribution in [0.25, 0.3) is 0 Å². The Morgan fingerprint density at radius 3 is 2.53 bits per heavy atom. The summed E-state index contributed by atoms with van der Waals surface area (Å²) in [6, 6.07) is 8.09. The van der Waals surface area contributed by atoms with Crippen molar-refractivity contribution < 1.29 is 4.79 Å². The predicted molar refractivity (Wildman–Crippen MR) is 66.9 cm³/mol. The lowest BCUT2D eigenvalue weighted by atomic mass is 9.81. The van der Waals surface area contributed by atoms with Gasteiger partial charge in [0.15, 0.2) is 0 Å². The van der Waals surface area contributed by atoms with E-state index in [9.17, 15) is 4.79 Å². The van der Waals surface area contributed by atoms with E-state index < -0.39 is 0 Å². The second-order valence-corrected chi connectivity index (χ2v) is 5.08. The molecule has 3 saturated heterocycles. The average Bonchev–Trinajstić information content (AvgIpc) is 2.72. The third-order valence-electron chi connectivity index (χ3n) is 4.14. The Bertz CT molecular complexity index is 393. The summed E-state index contributed by atoms with van der Waals surface area (Å²) < 4.78 is 0. The Morgan fingerprint density at radius 2 is 1.88 bits per heavy atom. The van der Waals surface area contributed by atoms with Gasteiger partial charge in [0.05, 0.1) is 0 Å². The third kappa shape index (κ3) is 2.13. The van der Waals surface area contributed by atoms with Gasteiger partial charge in [-0.05, 0) is 24.3 Å². The molecule has 0 radical (unpaired) electrons. The number of fused-ring (bicyclic) bond motifs is 4. The third-order valence-corrected chi connectivity index (χ3v) is 4.14. The van der Waals surface area contributed by atoms with E-state index in [1.54, 1.807) is 0 Å². The van der Waals surface area contributed by atoms with Crippen molar-refractivity contribution in [3.8, 4) is 0 Å². The molecule has 90 valence electrons. The first-order valence-corrected chi connectivity index (χ1v) is 6.40. The van der Waals surface area contributed by atoms with Crippen LogP contribution < -0.4 is 5.43 Å². The van der Waals surface area contributed by atoms with Crippen LogP contribution in [-0.2, 0) is 0 Å². The predicted octanol–water partition coefficient (Wildman–Crippen LogP) is 1.81. The van der Waals surface area contributed by atoms with Crippen molar-refractivity contribution in [2.24, 2.45) is 5.92 Å². The van der Waals surface area contributed by atoms with Gasteiger partial charge in [0.1, 0.15) is 6.29 Å². The highest BCUT2D eigenvalue weighted by Gasteiger charge is 2.31. The first kappa shape index (κ1) is 10.9. The Balaban J connectivity index is 1.84. The van der Waals surface area contributed by atoms with Crippen LogP contribution in [0.15, 0.2) is 24.3 Å². The molecule has 1 unspecified atom stereocenters. The molecule has 1 atom stereocenters. The summed E-state index contributed by atoms with van der Waals surface area (Å²) >= 11 is 0. The number of carbonyl (C=O) groups excluding carboxylic acids is 1. The van der Waals surface area contributed by atoms with Gasteiger partial charge in [0.2, 0.25) is 0 Å². The number of hydrogen-bond donors (Lipinski definition) is 1. The van der Waals surface area contributed by atoms with Crippen LogP contribution in [0, 0.1) is 5.92 Å². The van der Waals surface area contributed by atoms with Crippen LogP contribution in [0.5, 0.6) is 0 Å². The van der Waals surface area contributed by atoms with E-state index in [-0.39, 0.29) is 0 Å². The van der Waals surface area contributed by atoms with E-state index in [1.807, 2.05) is 12.1 Å². The fourth-order valence-electron chi connectivity index (χ4n) is 3.07. The van der Waals surface area contributed by atoms with Gasteiger partial charge in [0, 0.05) is 31.1 Å². The van der Waals surface area contributed by atoms with Crippen LogP contribution in [0.2, 0.25) is 0 Å². The van der Waals surface area contributed by atoms with Gasteiger partial charge in [0.25, 0.3) is 0 Å². The highest BCUT2D eigenvalue weighted by molar-refractivity contribution is 5.74. The van der Waals surface area contributed by atoms with Crippen molar-refractivity contribution in [3.05, 3.63) is 35.4 Å². The Hall–Kier alpha value is -1.19. The van der Waals surface area contributed by atoms with Crippen LogP contribution in [-0.4, -0.2) is 30.9 Å². The minimum atomic E-state index is 0.600. The Kier molecular flexibility index (Phi) is 2.95. The fraction of sp³-hybridized carbons (Fsp3) is 0.500. The van der Waals surface area contributed by atoms with Gasteiger partial charge in [-0.1, -0.05) is 24.3 Å². The van der Waals surface area contributed by atoms with Crippen molar-refractivity contribution in [2.45, 2.75) is 18.8 Å². The van der Waals surface area contributed by atoms with Crippen molar-refractivity contribution in [1.29, 1.82) is 0 Å². The molecule has 3 aliphatic rings. The van der Waals surface area contributed by atoms with E-state index in [0.29, 0.717) is 5.92 Å². The molecule has 0 saturated carbocycles. The summed E-state index contributed by atoms with van der Waals surface area (Å²) in [6.45, 7) is 3.38. The number of nitrogens with zero attached hydrogens (tertiary/aromatic N) is 1. The SMILES string of the molecule is O=Cc1ccc(C2CNN3CCC2CC3)cc1.